The zero-order chi connectivity index (χ0) is 16.6. The molecule has 5 nitrogen and oxygen atoms in total. The SMILES string of the molecule is Cc1nc(NC(=O)Cn2c(=O)c(C)cc3ccccc32)sc1C. The molecule has 0 bridgehead atoms. The Balaban J connectivity index is 1.93. The molecule has 0 aliphatic carbocycles. The largest absolute Gasteiger partial charge is 0.300 e. The van der Waals surface area contributed by atoms with Crippen molar-refractivity contribution < 1.29 is 4.79 Å². The highest BCUT2D eigenvalue weighted by atomic mass is 32.1. The van der Waals surface area contributed by atoms with Crippen molar-refractivity contribution >= 4 is 33.3 Å². The van der Waals surface area contributed by atoms with Gasteiger partial charge in [0, 0.05) is 10.4 Å². The van der Waals surface area contributed by atoms with E-state index in [9.17, 15) is 9.59 Å². The molecule has 0 atom stereocenters. The van der Waals surface area contributed by atoms with E-state index in [1.165, 1.54) is 15.9 Å². The van der Waals surface area contributed by atoms with E-state index in [2.05, 4.69) is 10.3 Å². The van der Waals surface area contributed by atoms with Crippen molar-refractivity contribution in [1.82, 2.24) is 9.55 Å². The van der Waals surface area contributed by atoms with Gasteiger partial charge in [0.1, 0.15) is 6.54 Å². The molecule has 0 spiro atoms. The quantitative estimate of drug-likeness (QED) is 0.804. The molecule has 0 aliphatic rings. The topological polar surface area (TPSA) is 64.0 Å². The van der Waals surface area contributed by atoms with Crippen LogP contribution in [0.4, 0.5) is 5.13 Å². The van der Waals surface area contributed by atoms with Gasteiger partial charge in [-0.05, 0) is 38.3 Å². The predicted molar refractivity (Wildman–Crippen MR) is 93.2 cm³/mol. The molecule has 0 fully saturated rings. The van der Waals surface area contributed by atoms with Crippen molar-refractivity contribution in [2.75, 3.05) is 5.32 Å². The van der Waals surface area contributed by atoms with Crippen LogP contribution in [0.5, 0.6) is 0 Å². The number of benzene rings is 1. The fourth-order valence-electron chi connectivity index (χ4n) is 2.46. The maximum absolute atomic E-state index is 12.4. The predicted octanol–water partition coefficient (Wildman–Crippen LogP) is 3.02. The highest BCUT2D eigenvalue weighted by molar-refractivity contribution is 7.15. The van der Waals surface area contributed by atoms with Crippen LogP contribution in [0, 0.1) is 20.8 Å². The number of hydrogen-bond acceptors (Lipinski definition) is 4. The summed E-state index contributed by atoms with van der Waals surface area (Å²) in [6, 6.07) is 9.40. The number of aromatic nitrogens is 2. The van der Waals surface area contributed by atoms with E-state index in [1.54, 1.807) is 6.92 Å². The number of nitrogens with zero attached hydrogens (tertiary/aromatic N) is 2. The minimum absolute atomic E-state index is 0.0291. The van der Waals surface area contributed by atoms with Gasteiger partial charge in [-0.15, -0.1) is 11.3 Å². The molecule has 2 aromatic heterocycles. The fraction of sp³-hybridized carbons (Fsp3) is 0.235. The smallest absolute Gasteiger partial charge is 0.254 e. The summed E-state index contributed by atoms with van der Waals surface area (Å²) in [7, 11) is 0. The third-order valence-electron chi connectivity index (χ3n) is 3.76. The van der Waals surface area contributed by atoms with Crippen molar-refractivity contribution in [2.45, 2.75) is 27.3 Å². The van der Waals surface area contributed by atoms with Crippen LogP contribution < -0.4 is 10.9 Å². The Labute approximate surface area is 137 Å². The van der Waals surface area contributed by atoms with Gasteiger partial charge in [-0.1, -0.05) is 18.2 Å². The van der Waals surface area contributed by atoms with Crippen molar-refractivity contribution in [1.29, 1.82) is 0 Å². The number of para-hydroxylation sites is 1. The molecule has 0 saturated heterocycles. The van der Waals surface area contributed by atoms with Gasteiger partial charge in [0.05, 0.1) is 11.2 Å². The molecule has 1 aromatic carbocycles. The Morgan fingerprint density at radius 1 is 1.26 bits per heavy atom. The van der Waals surface area contributed by atoms with Crippen LogP contribution >= 0.6 is 11.3 Å². The number of hydrogen-bond donors (Lipinski definition) is 1. The zero-order valence-corrected chi connectivity index (χ0v) is 14.0. The van der Waals surface area contributed by atoms with E-state index in [1.807, 2.05) is 44.2 Å². The van der Waals surface area contributed by atoms with Gasteiger partial charge < -0.3 is 5.32 Å². The Bertz CT molecular complexity index is 937. The molecule has 3 aromatic rings. The number of nitrogens with one attached hydrogen (secondary N) is 1. The number of aryl methyl sites for hydroxylation is 3. The number of pyridine rings is 1. The molecule has 118 valence electrons. The number of fused-ring (bicyclic) bond motifs is 1. The molecule has 0 radical (unpaired) electrons. The molecular formula is C17H17N3O2S. The number of carbonyl (C=O) groups excluding carboxylic acids is 1. The van der Waals surface area contributed by atoms with E-state index in [4.69, 9.17) is 0 Å². The Kier molecular flexibility index (Phi) is 4.00. The van der Waals surface area contributed by atoms with Crippen molar-refractivity contribution in [3.63, 3.8) is 0 Å². The summed E-state index contributed by atoms with van der Waals surface area (Å²) in [6.45, 7) is 5.59. The molecule has 1 N–H and O–H groups in total. The average Bonchev–Trinajstić information content (AvgIpc) is 2.81. The van der Waals surface area contributed by atoms with E-state index < -0.39 is 0 Å². The third-order valence-corrected chi connectivity index (χ3v) is 4.75. The van der Waals surface area contributed by atoms with Gasteiger partial charge in [-0.25, -0.2) is 4.98 Å². The maximum atomic E-state index is 12.4. The van der Waals surface area contributed by atoms with Crippen molar-refractivity contribution in [2.24, 2.45) is 0 Å². The second kappa shape index (κ2) is 5.96. The highest BCUT2D eigenvalue weighted by Gasteiger charge is 2.12. The number of rotatable bonds is 3. The Morgan fingerprint density at radius 2 is 2.00 bits per heavy atom. The first-order chi connectivity index (χ1) is 11.0. The van der Waals surface area contributed by atoms with Crippen LogP contribution in [0.25, 0.3) is 10.9 Å². The lowest BCUT2D eigenvalue weighted by atomic mass is 10.1. The Morgan fingerprint density at radius 3 is 2.70 bits per heavy atom. The molecule has 1 amide bonds. The zero-order valence-electron chi connectivity index (χ0n) is 13.2. The van der Waals surface area contributed by atoms with Gasteiger partial charge in [0.25, 0.3) is 5.56 Å². The van der Waals surface area contributed by atoms with E-state index in [0.29, 0.717) is 10.7 Å². The summed E-state index contributed by atoms with van der Waals surface area (Å²) >= 11 is 1.43. The molecule has 0 unspecified atom stereocenters. The third kappa shape index (κ3) is 3.03. The van der Waals surface area contributed by atoms with Crippen LogP contribution in [-0.2, 0) is 11.3 Å². The average molecular weight is 327 g/mol. The first kappa shape index (κ1) is 15.4. The van der Waals surface area contributed by atoms with Crippen LogP contribution in [-0.4, -0.2) is 15.5 Å². The lowest BCUT2D eigenvalue weighted by molar-refractivity contribution is -0.116. The van der Waals surface area contributed by atoms with Gasteiger partial charge in [0.2, 0.25) is 5.91 Å². The van der Waals surface area contributed by atoms with E-state index in [-0.39, 0.29) is 18.0 Å². The molecular weight excluding hydrogens is 310 g/mol. The first-order valence-electron chi connectivity index (χ1n) is 7.29. The molecule has 6 heteroatoms. The number of anilines is 1. The summed E-state index contributed by atoms with van der Waals surface area (Å²) in [5.74, 6) is -0.253. The van der Waals surface area contributed by atoms with Crippen molar-refractivity contribution in [3.05, 3.63) is 56.8 Å². The lowest BCUT2D eigenvalue weighted by Crippen LogP contribution is -2.29. The molecule has 3 rings (SSSR count). The van der Waals surface area contributed by atoms with Crippen LogP contribution in [0.15, 0.2) is 35.1 Å². The maximum Gasteiger partial charge on any atom is 0.254 e. The van der Waals surface area contributed by atoms with Crippen LogP contribution in [0.2, 0.25) is 0 Å². The number of carbonyl (C=O) groups is 1. The number of amides is 1. The molecule has 0 aliphatic heterocycles. The standard InChI is InChI=1S/C17H17N3O2S/c1-10-8-13-6-4-5-7-14(13)20(16(10)22)9-15(21)19-17-18-11(2)12(3)23-17/h4-8H,9H2,1-3H3,(H,18,19,21). The van der Waals surface area contributed by atoms with Crippen LogP contribution in [0.1, 0.15) is 16.1 Å². The fourth-order valence-corrected chi connectivity index (χ4v) is 3.29. The summed E-state index contributed by atoms with van der Waals surface area (Å²) in [6.07, 6.45) is 0. The van der Waals surface area contributed by atoms with Gasteiger partial charge >= 0.3 is 0 Å². The van der Waals surface area contributed by atoms with Crippen LogP contribution in [0.3, 0.4) is 0 Å². The van der Waals surface area contributed by atoms with E-state index in [0.717, 1.165) is 21.5 Å². The van der Waals surface area contributed by atoms with Gasteiger partial charge in [-0.3, -0.25) is 14.2 Å². The summed E-state index contributed by atoms with van der Waals surface area (Å²) in [4.78, 5) is 30.1. The van der Waals surface area contributed by atoms with E-state index >= 15 is 0 Å². The minimum Gasteiger partial charge on any atom is -0.300 e. The monoisotopic (exact) mass is 327 g/mol. The van der Waals surface area contributed by atoms with Crippen molar-refractivity contribution in [3.8, 4) is 0 Å². The normalized spacial score (nSPS) is 10.9. The minimum atomic E-state index is -0.253. The number of thiazole rings is 1. The highest BCUT2D eigenvalue weighted by Crippen LogP contribution is 2.21. The summed E-state index contributed by atoms with van der Waals surface area (Å²) in [5, 5.41) is 4.28. The van der Waals surface area contributed by atoms with Gasteiger partial charge in [-0.2, -0.15) is 0 Å². The molecule has 2 heterocycles. The second-order valence-electron chi connectivity index (χ2n) is 5.49. The first-order valence-corrected chi connectivity index (χ1v) is 8.10. The summed E-state index contributed by atoms with van der Waals surface area (Å²) in [5.41, 5.74) is 2.14. The lowest BCUT2D eigenvalue weighted by Gasteiger charge is -2.11. The second-order valence-corrected chi connectivity index (χ2v) is 6.69. The molecule has 0 saturated carbocycles. The summed E-state index contributed by atoms with van der Waals surface area (Å²) < 4.78 is 1.51. The molecule has 23 heavy (non-hydrogen) atoms. The Hall–Kier alpha value is -2.47. The van der Waals surface area contributed by atoms with Gasteiger partial charge in [0.15, 0.2) is 5.13 Å².